The second-order valence-electron chi connectivity index (χ2n) is 2.72. The molecule has 0 amide bonds. The van der Waals surface area contributed by atoms with E-state index >= 15 is 0 Å². The Labute approximate surface area is 104 Å². The molecule has 0 fully saturated rings. The van der Waals surface area contributed by atoms with Crippen LogP contribution in [0.5, 0.6) is 0 Å². The first-order chi connectivity index (χ1) is 7.29. The van der Waals surface area contributed by atoms with Crippen molar-refractivity contribution in [1.82, 2.24) is 10.2 Å². The third-order valence-electron chi connectivity index (χ3n) is 1.73. The predicted octanol–water partition coefficient (Wildman–Crippen LogP) is 2.94. The number of rotatable bonds is 3. The molecule has 0 radical (unpaired) electrons. The van der Waals surface area contributed by atoms with Crippen molar-refractivity contribution < 1.29 is 5.11 Å². The second kappa shape index (κ2) is 5.07. The molecule has 0 unspecified atom stereocenters. The third-order valence-corrected chi connectivity index (χ3v) is 4.12. The fourth-order valence-corrected chi connectivity index (χ4v) is 3.02. The molecule has 0 aliphatic rings. The van der Waals surface area contributed by atoms with Crippen LogP contribution in [-0.4, -0.2) is 15.3 Å². The highest BCUT2D eigenvalue weighted by Gasteiger charge is 2.06. The highest BCUT2D eigenvalue weighted by molar-refractivity contribution is 9.10. The zero-order chi connectivity index (χ0) is 10.7. The quantitative estimate of drug-likeness (QED) is 0.947. The van der Waals surface area contributed by atoms with Gasteiger partial charge in [0, 0.05) is 9.37 Å². The van der Waals surface area contributed by atoms with E-state index in [2.05, 4.69) is 26.1 Å². The van der Waals surface area contributed by atoms with E-state index in [1.807, 2.05) is 18.2 Å². The first-order valence-electron chi connectivity index (χ1n) is 4.13. The predicted molar refractivity (Wildman–Crippen MR) is 64.1 cm³/mol. The van der Waals surface area contributed by atoms with E-state index in [1.165, 1.54) is 23.1 Å². The number of hydrogen-bond donors (Lipinski definition) is 1. The Morgan fingerprint density at radius 2 is 2.33 bits per heavy atom. The van der Waals surface area contributed by atoms with Crippen LogP contribution in [0, 0.1) is 0 Å². The summed E-state index contributed by atoms with van der Waals surface area (Å²) >= 11 is 6.38. The SMILES string of the molecule is OCc1cc(Br)ccc1Sc1nncs1. The molecule has 1 aromatic heterocycles. The van der Waals surface area contributed by atoms with Gasteiger partial charge in [0.05, 0.1) is 6.61 Å². The molecule has 0 bridgehead atoms. The van der Waals surface area contributed by atoms with Crippen molar-refractivity contribution in [3.8, 4) is 0 Å². The summed E-state index contributed by atoms with van der Waals surface area (Å²) in [6, 6.07) is 5.81. The van der Waals surface area contributed by atoms with Crippen molar-refractivity contribution in [2.24, 2.45) is 0 Å². The van der Waals surface area contributed by atoms with Crippen LogP contribution in [0.4, 0.5) is 0 Å². The molecule has 1 aromatic carbocycles. The van der Waals surface area contributed by atoms with Gasteiger partial charge in [-0.1, -0.05) is 39.0 Å². The number of aliphatic hydroxyl groups excluding tert-OH is 1. The summed E-state index contributed by atoms with van der Waals surface area (Å²) in [7, 11) is 0. The van der Waals surface area contributed by atoms with Crippen LogP contribution in [0.2, 0.25) is 0 Å². The van der Waals surface area contributed by atoms with E-state index in [0.29, 0.717) is 0 Å². The van der Waals surface area contributed by atoms with E-state index < -0.39 is 0 Å². The smallest absolute Gasteiger partial charge is 0.178 e. The molecular weight excluding hydrogens is 296 g/mol. The topological polar surface area (TPSA) is 46.0 Å². The lowest BCUT2D eigenvalue weighted by molar-refractivity contribution is 0.279. The molecule has 6 heteroatoms. The van der Waals surface area contributed by atoms with Gasteiger partial charge in [0.25, 0.3) is 0 Å². The molecule has 2 rings (SSSR count). The number of aromatic nitrogens is 2. The van der Waals surface area contributed by atoms with Gasteiger partial charge in [0.15, 0.2) is 4.34 Å². The normalized spacial score (nSPS) is 10.5. The third kappa shape index (κ3) is 2.78. The molecule has 0 saturated heterocycles. The summed E-state index contributed by atoms with van der Waals surface area (Å²) < 4.78 is 1.85. The zero-order valence-corrected chi connectivity index (χ0v) is 10.8. The Morgan fingerprint density at radius 3 is 3.00 bits per heavy atom. The minimum absolute atomic E-state index is 0.0284. The van der Waals surface area contributed by atoms with Crippen molar-refractivity contribution >= 4 is 39.0 Å². The number of aliphatic hydroxyl groups is 1. The summed E-state index contributed by atoms with van der Waals surface area (Å²) in [5.41, 5.74) is 2.59. The van der Waals surface area contributed by atoms with E-state index in [1.54, 1.807) is 5.51 Å². The summed E-state index contributed by atoms with van der Waals surface area (Å²) in [6.45, 7) is 0.0284. The van der Waals surface area contributed by atoms with Crippen LogP contribution in [0.15, 0.2) is 37.4 Å². The van der Waals surface area contributed by atoms with Gasteiger partial charge in [-0.25, -0.2) is 0 Å². The number of hydrogen-bond acceptors (Lipinski definition) is 5. The zero-order valence-electron chi connectivity index (χ0n) is 7.55. The Balaban J connectivity index is 2.28. The highest BCUT2D eigenvalue weighted by Crippen LogP contribution is 2.32. The maximum absolute atomic E-state index is 9.20. The van der Waals surface area contributed by atoms with Gasteiger partial charge in [-0.2, -0.15) is 0 Å². The van der Waals surface area contributed by atoms with Gasteiger partial charge in [0.1, 0.15) is 5.51 Å². The van der Waals surface area contributed by atoms with Gasteiger partial charge >= 0.3 is 0 Å². The molecule has 0 aliphatic heterocycles. The maximum atomic E-state index is 9.20. The van der Waals surface area contributed by atoms with E-state index in [0.717, 1.165) is 19.3 Å². The first-order valence-corrected chi connectivity index (χ1v) is 6.62. The molecule has 78 valence electrons. The number of halogens is 1. The second-order valence-corrected chi connectivity index (χ2v) is 5.75. The van der Waals surface area contributed by atoms with E-state index in [-0.39, 0.29) is 6.61 Å². The minimum Gasteiger partial charge on any atom is -0.392 e. The van der Waals surface area contributed by atoms with Crippen LogP contribution in [-0.2, 0) is 6.61 Å². The lowest BCUT2D eigenvalue weighted by Crippen LogP contribution is -1.87. The Morgan fingerprint density at radius 1 is 1.47 bits per heavy atom. The molecule has 1 heterocycles. The Bertz CT molecular complexity index is 447. The Kier molecular flexibility index (Phi) is 3.74. The largest absolute Gasteiger partial charge is 0.392 e. The Hall–Kier alpha value is -0.430. The van der Waals surface area contributed by atoms with Gasteiger partial charge in [0.2, 0.25) is 0 Å². The summed E-state index contributed by atoms with van der Waals surface area (Å²) in [4.78, 5) is 1.01. The molecule has 0 aliphatic carbocycles. The molecule has 0 saturated carbocycles. The monoisotopic (exact) mass is 302 g/mol. The van der Waals surface area contributed by atoms with Crippen LogP contribution in [0.25, 0.3) is 0 Å². The van der Waals surface area contributed by atoms with Crippen molar-refractivity contribution in [2.45, 2.75) is 15.8 Å². The average molecular weight is 303 g/mol. The summed E-state index contributed by atoms with van der Waals surface area (Å²) in [6.07, 6.45) is 0. The summed E-state index contributed by atoms with van der Waals surface area (Å²) in [5, 5.41) is 16.9. The van der Waals surface area contributed by atoms with Crippen LogP contribution >= 0.6 is 39.0 Å². The minimum atomic E-state index is 0.0284. The van der Waals surface area contributed by atoms with Crippen LogP contribution in [0.1, 0.15) is 5.56 Å². The summed E-state index contributed by atoms with van der Waals surface area (Å²) in [5.74, 6) is 0. The molecular formula is C9H7BrN2OS2. The molecule has 0 atom stereocenters. The van der Waals surface area contributed by atoms with Crippen molar-refractivity contribution in [1.29, 1.82) is 0 Å². The number of nitrogens with zero attached hydrogens (tertiary/aromatic N) is 2. The lowest BCUT2D eigenvalue weighted by atomic mass is 10.2. The van der Waals surface area contributed by atoms with Crippen LogP contribution in [0.3, 0.4) is 0 Å². The lowest BCUT2D eigenvalue weighted by Gasteiger charge is -2.04. The maximum Gasteiger partial charge on any atom is 0.178 e. The standard InChI is InChI=1S/C9H7BrN2OS2/c10-7-1-2-8(6(3-7)4-13)15-9-12-11-5-14-9/h1-3,5,13H,4H2. The van der Waals surface area contributed by atoms with Gasteiger partial charge < -0.3 is 5.11 Å². The number of benzene rings is 1. The fraction of sp³-hybridized carbons (Fsp3) is 0.111. The van der Waals surface area contributed by atoms with Crippen molar-refractivity contribution in [3.05, 3.63) is 33.7 Å². The van der Waals surface area contributed by atoms with Crippen molar-refractivity contribution in [2.75, 3.05) is 0 Å². The van der Waals surface area contributed by atoms with Gasteiger partial charge in [-0.15, -0.1) is 10.2 Å². The van der Waals surface area contributed by atoms with Gasteiger partial charge in [-0.3, -0.25) is 0 Å². The molecule has 15 heavy (non-hydrogen) atoms. The average Bonchev–Trinajstić information content (AvgIpc) is 2.73. The molecule has 1 N–H and O–H groups in total. The fourth-order valence-electron chi connectivity index (χ4n) is 1.07. The first kappa shape index (κ1) is 11.1. The van der Waals surface area contributed by atoms with E-state index in [4.69, 9.17) is 0 Å². The van der Waals surface area contributed by atoms with Crippen molar-refractivity contribution in [3.63, 3.8) is 0 Å². The highest BCUT2D eigenvalue weighted by atomic mass is 79.9. The molecule has 3 nitrogen and oxygen atoms in total. The van der Waals surface area contributed by atoms with E-state index in [9.17, 15) is 5.11 Å². The molecule has 2 aromatic rings. The molecule has 0 spiro atoms. The van der Waals surface area contributed by atoms with Crippen LogP contribution < -0.4 is 0 Å². The van der Waals surface area contributed by atoms with Gasteiger partial charge in [-0.05, 0) is 23.8 Å².